The molecule has 116 valence electrons. The zero-order valence-corrected chi connectivity index (χ0v) is 12.5. The van der Waals surface area contributed by atoms with Gasteiger partial charge in [-0.1, -0.05) is 12.8 Å². The molecule has 21 heavy (non-hydrogen) atoms. The molecular formula is C15H23N3O3. The number of aromatic nitrogens is 3. The Hall–Kier alpha value is -1.43. The summed E-state index contributed by atoms with van der Waals surface area (Å²) in [5.41, 5.74) is 0. The molecule has 2 aliphatic rings. The quantitative estimate of drug-likeness (QED) is 0.682. The second-order valence-corrected chi connectivity index (χ2v) is 6.35. The van der Waals surface area contributed by atoms with Crippen LogP contribution in [0.1, 0.15) is 32.1 Å². The van der Waals surface area contributed by atoms with Gasteiger partial charge >= 0.3 is 5.97 Å². The molecule has 2 aliphatic carbocycles. The molecule has 1 aromatic heterocycles. The van der Waals surface area contributed by atoms with E-state index in [2.05, 4.69) is 10.1 Å². The number of rotatable bonds is 8. The standard InChI is InChI=1S/C15H23N3O3/c1-20-8-14(7-18-10-16-9-17-18)21-15(19)13-5-12(6-13)4-11-2-3-11/h9-14H,2-8H2,1H3. The minimum atomic E-state index is -0.299. The lowest BCUT2D eigenvalue weighted by molar-refractivity contribution is -0.162. The summed E-state index contributed by atoms with van der Waals surface area (Å²) in [6.45, 7) is 0.863. The Morgan fingerprint density at radius 3 is 2.81 bits per heavy atom. The summed E-state index contributed by atoms with van der Waals surface area (Å²) in [7, 11) is 1.61. The molecule has 1 heterocycles. The van der Waals surface area contributed by atoms with E-state index in [0.29, 0.717) is 13.2 Å². The number of carbonyl (C=O) groups excluding carboxylic acids is 1. The van der Waals surface area contributed by atoms with Crippen molar-refractivity contribution in [1.29, 1.82) is 0 Å². The van der Waals surface area contributed by atoms with E-state index < -0.39 is 0 Å². The molecule has 0 N–H and O–H groups in total. The average Bonchev–Trinajstić information content (AvgIpc) is 3.09. The van der Waals surface area contributed by atoms with Crippen molar-refractivity contribution < 1.29 is 14.3 Å². The van der Waals surface area contributed by atoms with Gasteiger partial charge in [0.1, 0.15) is 18.8 Å². The summed E-state index contributed by atoms with van der Waals surface area (Å²) >= 11 is 0. The SMILES string of the molecule is COCC(Cn1cncn1)OC(=O)C1CC(CC2CC2)C1. The Bertz CT molecular complexity index is 453. The van der Waals surface area contributed by atoms with Gasteiger partial charge in [0, 0.05) is 7.11 Å². The molecule has 2 fully saturated rings. The van der Waals surface area contributed by atoms with Crippen LogP contribution in [0.3, 0.4) is 0 Å². The Morgan fingerprint density at radius 2 is 2.19 bits per heavy atom. The molecule has 0 radical (unpaired) electrons. The lowest BCUT2D eigenvalue weighted by Crippen LogP contribution is -2.36. The zero-order valence-electron chi connectivity index (χ0n) is 12.5. The molecule has 6 heteroatoms. The van der Waals surface area contributed by atoms with Gasteiger partial charge in [-0.25, -0.2) is 9.67 Å². The summed E-state index contributed by atoms with van der Waals surface area (Å²) < 4.78 is 12.4. The van der Waals surface area contributed by atoms with Crippen molar-refractivity contribution in [2.45, 2.75) is 44.8 Å². The number of carbonyl (C=O) groups is 1. The highest BCUT2D eigenvalue weighted by molar-refractivity contribution is 5.73. The minimum Gasteiger partial charge on any atom is -0.458 e. The fraction of sp³-hybridized carbons (Fsp3) is 0.800. The van der Waals surface area contributed by atoms with Crippen LogP contribution in [-0.2, 0) is 20.8 Å². The van der Waals surface area contributed by atoms with Crippen LogP contribution in [0.4, 0.5) is 0 Å². The van der Waals surface area contributed by atoms with E-state index in [1.807, 2.05) is 0 Å². The van der Waals surface area contributed by atoms with E-state index in [1.54, 1.807) is 18.1 Å². The molecule has 0 bridgehead atoms. The van der Waals surface area contributed by atoms with Crippen LogP contribution in [0.25, 0.3) is 0 Å². The van der Waals surface area contributed by atoms with E-state index >= 15 is 0 Å². The Labute approximate surface area is 124 Å². The summed E-state index contributed by atoms with van der Waals surface area (Å²) in [6.07, 6.45) is 8.87. The van der Waals surface area contributed by atoms with Crippen LogP contribution in [0.15, 0.2) is 12.7 Å². The molecule has 2 saturated carbocycles. The number of nitrogens with zero attached hydrogens (tertiary/aromatic N) is 3. The first-order valence-electron chi connectivity index (χ1n) is 7.76. The fourth-order valence-electron chi connectivity index (χ4n) is 3.05. The molecule has 1 atom stereocenters. The van der Waals surface area contributed by atoms with E-state index in [1.165, 1.54) is 25.6 Å². The van der Waals surface area contributed by atoms with Gasteiger partial charge in [0.2, 0.25) is 0 Å². The Morgan fingerprint density at radius 1 is 1.38 bits per heavy atom. The summed E-state index contributed by atoms with van der Waals surface area (Å²) in [6, 6.07) is 0. The first kappa shape index (κ1) is 14.5. The molecular weight excluding hydrogens is 270 g/mol. The van der Waals surface area contributed by atoms with E-state index in [0.717, 1.165) is 24.7 Å². The third kappa shape index (κ3) is 4.03. The summed E-state index contributed by atoms with van der Waals surface area (Å²) in [5, 5.41) is 4.03. The zero-order chi connectivity index (χ0) is 14.7. The van der Waals surface area contributed by atoms with Gasteiger partial charge in [-0.05, 0) is 31.1 Å². The maximum absolute atomic E-state index is 12.2. The Kier molecular flexibility index (Phi) is 4.53. The first-order chi connectivity index (χ1) is 10.2. The number of hydrogen-bond donors (Lipinski definition) is 0. The van der Waals surface area contributed by atoms with Crippen molar-refractivity contribution in [2.75, 3.05) is 13.7 Å². The topological polar surface area (TPSA) is 66.2 Å². The van der Waals surface area contributed by atoms with Crippen molar-refractivity contribution in [3.8, 4) is 0 Å². The van der Waals surface area contributed by atoms with Crippen LogP contribution in [0, 0.1) is 17.8 Å². The molecule has 6 nitrogen and oxygen atoms in total. The van der Waals surface area contributed by atoms with Gasteiger partial charge in [0.15, 0.2) is 0 Å². The van der Waals surface area contributed by atoms with E-state index in [9.17, 15) is 4.79 Å². The molecule has 1 aromatic rings. The van der Waals surface area contributed by atoms with E-state index in [4.69, 9.17) is 9.47 Å². The van der Waals surface area contributed by atoms with Gasteiger partial charge in [0.25, 0.3) is 0 Å². The monoisotopic (exact) mass is 293 g/mol. The van der Waals surface area contributed by atoms with Gasteiger partial charge in [-0.15, -0.1) is 0 Å². The summed E-state index contributed by atoms with van der Waals surface area (Å²) in [4.78, 5) is 16.1. The van der Waals surface area contributed by atoms with Crippen LogP contribution in [-0.4, -0.2) is 40.6 Å². The second-order valence-electron chi connectivity index (χ2n) is 6.35. The second kappa shape index (κ2) is 6.56. The molecule has 3 rings (SSSR count). The largest absolute Gasteiger partial charge is 0.458 e. The highest BCUT2D eigenvalue weighted by atomic mass is 16.6. The predicted octanol–water partition coefficient (Wildman–Crippen LogP) is 1.66. The minimum absolute atomic E-state index is 0.0794. The van der Waals surface area contributed by atoms with Crippen LogP contribution >= 0.6 is 0 Å². The third-order valence-electron chi connectivity index (χ3n) is 4.43. The van der Waals surface area contributed by atoms with Gasteiger partial charge in [-0.3, -0.25) is 4.79 Å². The van der Waals surface area contributed by atoms with Crippen LogP contribution < -0.4 is 0 Å². The van der Waals surface area contributed by atoms with Crippen LogP contribution in [0.5, 0.6) is 0 Å². The molecule has 0 amide bonds. The molecule has 0 aromatic carbocycles. The number of esters is 1. The summed E-state index contributed by atoms with van der Waals surface area (Å²) in [5.74, 6) is 1.69. The molecule has 0 spiro atoms. The van der Waals surface area contributed by atoms with Gasteiger partial charge in [-0.2, -0.15) is 5.10 Å². The Balaban J connectivity index is 1.43. The average molecular weight is 293 g/mol. The fourth-order valence-corrected chi connectivity index (χ4v) is 3.05. The molecule has 1 unspecified atom stereocenters. The normalized spacial score (nSPS) is 26.1. The maximum Gasteiger partial charge on any atom is 0.309 e. The highest BCUT2D eigenvalue weighted by Crippen LogP contribution is 2.44. The maximum atomic E-state index is 12.2. The van der Waals surface area contributed by atoms with Gasteiger partial charge < -0.3 is 9.47 Å². The van der Waals surface area contributed by atoms with Crippen molar-refractivity contribution in [3.63, 3.8) is 0 Å². The van der Waals surface area contributed by atoms with Gasteiger partial charge in [0.05, 0.1) is 19.1 Å². The van der Waals surface area contributed by atoms with Crippen molar-refractivity contribution in [3.05, 3.63) is 12.7 Å². The van der Waals surface area contributed by atoms with Crippen LogP contribution in [0.2, 0.25) is 0 Å². The smallest absolute Gasteiger partial charge is 0.309 e. The predicted molar refractivity (Wildman–Crippen MR) is 75.3 cm³/mol. The van der Waals surface area contributed by atoms with Crippen molar-refractivity contribution in [1.82, 2.24) is 14.8 Å². The molecule has 0 saturated heterocycles. The van der Waals surface area contributed by atoms with Crippen molar-refractivity contribution >= 4 is 5.97 Å². The van der Waals surface area contributed by atoms with Crippen molar-refractivity contribution in [2.24, 2.45) is 17.8 Å². The third-order valence-corrected chi connectivity index (χ3v) is 4.43. The number of hydrogen-bond acceptors (Lipinski definition) is 5. The lowest BCUT2D eigenvalue weighted by atomic mass is 9.72. The number of ether oxygens (including phenoxy) is 2. The molecule has 0 aliphatic heterocycles. The first-order valence-corrected chi connectivity index (χ1v) is 7.76. The number of methoxy groups -OCH3 is 1. The lowest BCUT2D eigenvalue weighted by Gasteiger charge is -2.34. The highest BCUT2D eigenvalue weighted by Gasteiger charge is 2.39. The van der Waals surface area contributed by atoms with E-state index in [-0.39, 0.29) is 18.0 Å².